The second kappa shape index (κ2) is 10.00. The molecule has 0 aliphatic carbocycles. The van der Waals surface area contributed by atoms with Crippen molar-refractivity contribution < 1.29 is 18.3 Å². The highest BCUT2D eigenvalue weighted by molar-refractivity contribution is 9.10. The van der Waals surface area contributed by atoms with Gasteiger partial charge in [0.15, 0.2) is 0 Å². The zero-order valence-corrected chi connectivity index (χ0v) is 18.8. The molecule has 0 spiro atoms. The molecular weight excluding hydrogens is 458 g/mol. The fourth-order valence-electron chi connectivity index (χ4n) is 2.50. The minimum atomic E-state index is -3.85. The smallest absolute Gasteiger partial charge is 0.258 e. The van der Waals surface area contributed by atoms with E-state index in [2.05, 4.69) is 31.2 Å². The Morgan fingerprint density at radius 1 is 1.21 bits per heavy atom. The number of nitrogens with zero attached hydrogens (tertiary/aromatic N) is 1. The first-order valence-electron chi connectivity index (χ1n) is 8.99. The van der Waals surface area contributed by atoms with Crippen LogP contribution < -0.4 is 10.1 Å². The first kappa shape index (κ1) is 23.1. The van der Waals surface area contributed by atoms with E-state index in [0.717, 1.165) is 5.56 Å². The van der Waals surface area contributed by atoms with Gasteiger partial charge >= 0.3 is 0 Å². The summed E-state index contributed by atoms with van der Waals surface area (Å²) in [5, 5.41) is 13.4. The Labute approximate surface area is 179 Å². The van der Waals surface area contributed by atoms with Crippen molar-refractivity contribution in [3.8, 4) is 5.75 Å². The number of sulfonamides is 1. The Morgan fingerprint density at radius 2 is 1.86 bits per heavy atom. The van der Waals surface area contributed by atoms with E-state index in [1.165, 1.54) is 24.4 Å². The maximum Gasteiger partial charge on any atom is 0.258 e. The summed E-state index contributed by atoms with van der Waals surface area (Å²) in [6.45, 7) is 5.67. The molecule has 0 fully saturated rings. The Balaban J connectivity index is 2.11. The fraction of sp³-hybridized carbons (Fsp3) is 0.300. The van der Waals surface area contributed by atoms with Crippen molar-refractivity contribution in [1.82, 2.24) is 10.1 Å². The van der Waals surface area contributed by atoms with Crippen molar-refractivity contribution >= 4 is 38.1 Å². The molecule has 7 nitrogen and oxygen atoms in total. The quantitative estimate of drug-likeness (QED) is 0.396. The lowest BCUT2D eigenvalue weighted by atomic mass is 10.0. The lowest BCUT2D eigenvalue weighted by molar-refractivity contribution is -0.123. The molecule has 0 radical (unpaired) electrons. The maximum absolute atomic E-state index is 12.6. The minimum absolute atomic E-state index is 0.0866. The van der Waals surface area contributed by atoms with Gasteiger partial charge in [-0.3, -0.25) is 4.79 Å². The summed E-state index contributed by atoms with van der Waals surface area (Å²) in [7, 11) is -3.85. The SMILES string of the molecule is Cc1ccc(S(=O)(=O)N[C@@H](CC(C)C)C(=O)N/N=C\c2ccc(O)c(Br)c2)cc1. The van der Waals surface area contributed by atoms with Gasteiger partial charge in [0.2, 0.25) is 10.0 Å². The molecule has 0 unspecified atom stereocenters. The number of nitrogens with one attached hydrogen (secondary N) is 2. The first-order valence-corrected chi connectivity index (χ1v) is 11.3. The van der Waals surface area contributed by atoms with Crippen molar-refractivity contribution in [2.24, 2.45) is 11.0 Å². The third-order valence-electron chi connectivity index (χ3n) is 4.01. The van der Waals surface area contributed by atoms with Gasteiger partial charge in [-0.15, -0.1) is 0 Å². The molecule has 0 aliphatic rings. The molecule has 2 rings (SSSR count). The topological polar surface area (TPSA) is 108 Å². The second-order valence-electron chi connectivity index (χ2n) is 7.06. The van der Waals surface area contributed by atoms with Crippen LogP contribution in [0.4, 0.5) is 0 Å². The molecule has 3 N–H and O–H groups in total. The van der Waals surface area contributed by atoms with Gasteiger partial charge in [0.25, 0.3) is 5.91 Å². The van der Waals surface area contributed by atoms with Gasteiger partial charge in [0.05, 0.1) is 15.6 Å². The van der Waals surface area contributed by atoms with Gasteiger partial charge < -0.3 is 5.11 Å². The van der Waals surface area contributed by atoms with E-state index in [1.54, 1.807) is 24.3 Å². The molecule has 2 aromatic carbocycles. The number of amides is 1. The molecule has 9 heteroatoms. The average molecular weight is 482 g/mol. The lowest BCUT2D eigenvalue weighted by Gasteiger charge is -2.19. The lowest BCUT2D eigenvalue weighted by Crippen LogP contribution is -2.46. The van der Waals surface area contributed by atoms with Gasteiger partial charge in [-0.05, 0) is 71.1 Å². The number of rotatable bonds is 8. The van der Waals surface area contributed by atoms with Crippen molar-refractivity contribution in [3.63, 3.8) is 0 Å². The summed E-state index contributed by atoms with van der Waals surface area (Å²) in [5.41, 5.74) is 3.97. The molecule has 0 aromatic heterocycles. The van der Waals surface area contributed by atoms with Gasteiger partial charge in [0, 0.05) is 0 Å². The highest BCUT2D eigenvalue weighted by Gasteiger charge is 2.26. The van der Waals surface area contributed by atoms with E-state index in [1.807, 2.05) is 20.8 Å². The summed E-state index contributed by atoms with van der Waals surface area (Å²) < 4.78 is 28.3. The third-order valence-corrected chi connectivity index (χ3v) is 6.14. The van der Waals surface area contributed by atoms with Gasteiger partial charge in [-0.2, -0.15) is 9.82 Å². The average Bonchev–Trinajstić information content (AvgIpc) is 2.64. The summed E-state index contributed by atoms with van der Waals surface area (Å²) in [6.07, 6.45) is 1.72. The third kappa shape index (κ3) is 6.95. The summed E-state index contributed by atoms with van der Waals surface area (Å²) in [4.78, 5) is 12.7. The zero-order valence-electron chi connectivity index (χ0n) is 16.4. The maximum atomic E-state index is 12.6. The summed E-state index contributed by atoms with van der Waals surface area (Å²) in [5.74, 6) is -0.374. The van der Waals surface area contributed by atoms with Crippen LogP contribution in [0, 0.1) is 12.8 Å². The van der Waals surface area contributed by atoms with E-state index < -0.39 is 22.0 Å². The molecule has 156 valence electrons. The molecule has 1 atom stereocenters. The molecule has 0 bridgehead atoms. The van der Waals surface area contributed by atoms with Crippen LogP contribution in [0.3, 0.4) is 0 Å². The Hall–Kier alpha value is -2.23. The van der Waals surface area contributed by atoms with Crippen LogP contribution in [0.5, 0.6) is 5.75 Å². The fourth-order valence-corrected chi connectivity index (χ4v) is 4.11. The Bertz CT molecular complexity index is 989. The molecule has 1 amide bonds. The van der Waals surface area contributed by atoms with E-state index >= 15 is 0 Å². The van der Waals surface area contributed by atoms with E-state index in [9.17, 15) is 18.3 Å². The predicted molar refractivity (Wildman–Crippen MR) is 116 cm³/mol. The van der Waals surface area contributed by atoms with E-state index in [4.69, 9.17) is 0 Å². The largest absolute Gasteiger partial charge is 0.507 e. The van der Waals surface area contributed by atoms with Gasteiger partial charge in [-0.25, -0.2) is 13.8 Å². The van der Waals surface area contributed by atoms with E-state index in [-0.39, 0.29) is 16.6 Å². The van der Waals surface area contributed by atoms with Crippen molar-refractivity contribution in [3.05, 3.63) is 58.1 Å². The number of hydrogen-bond acceptors (Lipinski definition) is 5. The number of halogens is 1. The highest BCUT2D eigenvalue weighted by atomic mass is 79.9. The molecular formula is C20H24BrN3O4S. The van der Waals surface area contributed by atoms with Crippen molar-refractivity contribution in [2.45, 2.75) is 38.1 Å². The summed E-state index contributed by atoms with van der Waals surface area (Å²) in [6, 6.07) is 10.2. The number of carbonyl (C=O) groups excluding carboxylic acids is 1. The highest BCUT2D eigenvalue weighted by Crippen LogP contribution is 2.23. The van der Waals surface area contributed by atoms with Crippen LogP contribution in [0.15, 0.2) is 56.9 Å². The molecule has 0 aliphatic heterocycles. The number of carbonyl (C=O) groups is 1. The number of aryl methyl sites for hydroxylation is 1. The number of phenols is 1. The van der Waals surface area contributed by atoms with E-state index in [0.29, 0.717) is 16.5 Å². The molecule has 0 saturated carbocycles. The molecule has 0 heterocycles. The van der Waals surface area contributed by atoms with Crippen LogP contribution in [0.2, 0.25) is 0 Å². The molecule has 0 saturated heterocycles. The number of benzene rings is 2. The normalized spacial score (nSPS) is 13.0. The second-order valence-corrected chi connectivity index (χ2v) is 9.63. The van der Waals surface area contributed by atoms with Crippen molar-refractivity contribution in [1.29, 1.82) is 0 Å². The van der Waals surface area contributed by atoms with Crippen LogP contribution in [0.25, 0.3) is 0 Å². The van der Waals surface area contributed by atoms with Crippen LogP contribution >= 0.6 is 15.9 Å². The van der Waals surface area contributed by atoms with Gasteiger partial charge in [-0.1, -0.05) is 31.5 Å². The number of phenolic OH excluding ortho intramolecular Hbond substituents is 1. The van der Waals surface area contributed by atoms with Crippen LogP contribution in [0.1, 0.15) is 31.4 Å². The van der Waals surface area contributed by atoms with Gasteiger partial charge in [0.1, 0.15) is 11.8 Å². The molecule has 29 heavy (non-hydrogen) atoms. The summed E-state index contributed by atoms with van der Waals surface area (Å²) >= 11 is 3.20. The first-order chi connectivity index (χ1) is 13.6. The molecule has 2 aromatic rings. The standard InChI is InChI=1S/C20H24BrN3O4S/c1-13(2)10-18(24-29(27,28)16-7-4-14(3)5-8-16)20(26)23-22-12-15-6-9-19(25)17(21)11-15/h4-9,11-13,18,24-25H,10H2,1-3H3,(H,23,26)/b22-12-/t18-/m0/s1. The zero-order chi connectivity index (χ0) is 21.6. The number of aromatic hydroxyl groups is 1. The Morgan fingerprint density at radius 3 is 2.45 bits per heavy atom. The number of hydrogen-bond donors (Lipinski definition) is 3. The van der Waals surface area contributed by atoms with Crippen LogP contribution in [-0.4, -0.2) is 31.7 Å². The van der Waals surface area contributed by atoms with Crippen LogP contribution in [-0.2, 0) is 14.8 Å². The predicted octanol–water partition coefficient (Wildman–Crippen LogP) is 3.31. The minimum Gasteiger partial charge on any atom is -0.507 e. The number of hydrazone groups is 1. The monoisotopic (exact) mass is 481 g/mol. The van der Waals surface area contributed by atoms with Crippen molar-refractivity contribution in [2.75, 3.05) is 0 Å². The Kier molecular flexibility index (Phi) is 7.95.